The van der Waals surface area contributed by atoms with Gasteiger partial charge in [-0.05, 0) is 36.4 Å². The van der Waals surface area contributed by atoms with Gasteiger partial charge in [0, 0.05) is 17.6 Å². The van der Waals surface area contributed by atoms with Crippen molar-refractivity contribution in [2.24, 2.45) is 0 Å². The topological polar surface area (TPSA) is 98.8 Å². The molecule has 1 N–H and O–H groups in total. The van der Waals surface area contributed by atoms with Crippen LogP contribution in [0.1, 0.15) is 18.7 Å². The summed E-state index contributed by atoms with van der Waals surface area (Å²) in [7, 11) is 0. The molecular weight excluding hydrogens is 478 g/mol. The third kappa shape index (κ3) is 4.05. The Hall–Kier alpha value is -2.73. The van der Waals surface area contributed by atoms with E-state index in [1.807, 2.05) is 29.0 Å². The van der Waals surface area contributed by atoms with E-state index < -0.39 is 0 Å². The molecule has 1 aliphatic heterocycles. The van der Waals surface area contributed by atoms with Crippen LogP contribution in [0.25, 0.3) is 32.2 Å². The van der Waals surface area contributed by atoms with Crippen molar-refractivity contribution in [1.29, 1.82) is 0 Å². The summed E-state index contributed by atoms with van der Waals surface area (Å²) in [5.41, 5.74) is 0.605. The molecule has 0 aliphatic carbocycles. The lowest BCUT2D eigenvalue weighted by Crippen LogP contribution is -2.16. The van der Waals surface area contributed by atoms with Gasteiger partial charge in [-0.3, -0.25) is 9.36 Å². The maximum atomic E-state index is 12.9. The van der Waals surface area contributed by atoms with Crippen LogP contribution in [0.3, 0.4) is 0 Å². The smallest absolute Gasteiger partial charge is 0.260 e. The molecule has 5 aromatic heterocycles. The summed E-state index contributed by atoms with van der Waals surface area (Å²) in [4.78, 5) is 22.3. The van der Waals surface area contributed by atoms with E-state index in [1.54, 1.807) is 17.6 Å². The van der Waals surface area contributed by atoms with Crippen LogP contribution in [-0.2, 0) is 17.0 Å². The number of thiophene rings is 2. The van der Waals surface area contributed by atoms with Crippen LogP contribution in [0.4, 0.5) is 0 Å². The predicted molar refractivity (Wildman–Crippen MR) is 130 cm³/mol. The number of hydrogen-bond donors (Lipinski definition) is 1. The molecule has 0 radical (unpaired) electrons. The molecule has 1 aliphatic rings. The first-order valence-corrected chi connectivity index (χ1v) is 13.3. The van der Waals surface area contributed by atoms with E-state index in [9.17, 15) is 4.79 Å². The van der Waals surface area contributed by atoms with Gasteiger partial charge >= 0.3 is 0 Å². The molecule has 0 saturated carbocycles. The second-order valence-electron chi connectivity index (χ2n) is 7.64. The van der Waals surface area contributed by atoms with Gasteiger partial charge in [-0.1, -0.05) is 17.8 Å². The summed E-state index contributed by atoms with van der Waals surface area (Å²) in [6, 6.07) is 7.72. The number of fused-ring (bicyclic) bond motifs is 1. The highest BCUT2D eigenvalue weighted by molar-refractivity contribution is 7.98. The number of nitrogens with one attached hydrogen (secondary N) is 1. The molecule has 1 atom stereocenters. The Morgan fingerprint density at radius 2 is 2.21 bits per heavy atom. The molecule has 0 amide bonds. The minimum atomic E-state index is -0.164. The van der Waals surface area contributed by atoms with E-state index in [0.717, 1.165) is 40.9 Å². The first-order valence-electron chi connectivity index (χ1n) is 10.5. The Kier molecular flexibility index (Phi) is 5.62. The number of rotatable bonds is 7. The fourth-order valence-corrected chi connectivity index (χ4v) is 6.43. The predicted octanol–water partition coefficient (Wildman–Crippen LogP) is 5.04. The fourth-order valence-electron chi connectivity index (χ4n) is 3.95. The van der Waals surface area contributed by atoms with Gasteiger partial charge in [-0.15, -0.1) is 32.9 Å². The summed E-state index contributed by atoms with van der Waals surface area (Å²) in [6.45, 7) is 1.51. The Balaban J connectivity index is 1.28. The zero-order valence-electron chi connectivity index (χ0n) is 17.4. The molecular formula is C22H19N5O3S3. The molecule has 5 aromatic rings. The molecule has 33 heavy (non-hydrogen) atoms. The number of H-pyrrole nitrogens is 1. The fraction of sp³-hybridized carbons (Fsp3) is 0.273. The van der Waals surface area contributed by atoms with Gasteiger partial charge in [0.05, 0.1) is 34.9 Å². The summed E-state index contributed by atoms with van der Waals surface area (Å²) in [6.07, 6.45) is 3.88. The van der Waals surface area contributed by atoms with Crippen molar-refractivity contribution in [3.8, 4) is 22.0 Å². The molecule has 11 heteroatoms. The zero-order chi connectivity index (χ0) is 22.2. The molecule has 8 nitrogen and oxygen atoms in total. The van der Waals surface area contributed by atoms with Crippen LogP contribution >= 0.6 is 34.4 Å². The van der Waals surface area contributed by atoms with Crippen LogP contribution in [0.15, 0.2) is 55.7 Å². The SMILES string of the molecule is O=c1[nH]c(CSc2nnc(-c3cccs3)n2CC2CCCO2)nc2scc(-c3ccco3)c12. The number of nitrogens with zero attached hydrogens (tertiary/aromatic N) is 4. The number of hydrogen-bond acceptors (Lipinski definition) is 9. The maximum absolute atomic E-state index is 12.9. The van der Waals surface area contributed by atoms with E-state index in [-0.39, 0.29) is 11.7 Å². The summed E-state index contributed by atoms with van der Waals surface area (Å²) >= 11 is 4.60. The second-order valence-corrected chi connectivity index (χ2v) is 10.4. The highest BCUT2D eigenvalue weighted by Gasteiger charge is 2.22. The molecule has 1 fully saturated rings. The lowest BCUT2D eigenvalue weighted by atomic mass is 10.2. The van der Waals surface area contributed by atoms with Crippen molar-refractivity contribution in [3.63, 3.8) is 0 Å². The standard InChI is InChI=1S/C22H19N5O3S3/c28-20-18-14(15-5-2-8-30-15)11-32-21(18)24-17(23-20)12-33-22-26-25-19(16-6-3-9-31-16)27(22)10-13-4-1-7-29-13/h2-3,5-6,8-9,11,13H,1,4,7,10,12H2,(H,23,24,28). The van der Waals surface area contributed by atoms with Crippen molar-refractivity contribution >= 4 is 44.7 Å². The van der Waals surface area contributed by atoms with Gasteiger partial charge < -0.3 is 14.1 Å². The van der Waals surface area contributed by atoms with Crippen molar-refractivity contribution in [2.75, 3.05) is 6.61 Å². The van der Waals surface area contributed by atoms with E-state index in [1.165, 1.54) is 23.1 Å². The van der Waals surface area contributed by atoms with Gasteiger partial charge in [0.25, 0.3) is 5.56 Å². The minimum absolute atomic E-state index is 0.164. The maximum Gasteiger partial charge on any atom is 0.260 e. The molecule has 0 aromatic carbocycles. The molecule has 6 rings (SSSR count). The van der Waals surface area contributed by atoms with Crippen LogP contribution in [0, 0.1) is 0 Å². The average molecular weight is 498 g/mol. The number of ether oxygens (including phenoxy) is 1. The first-order chi connectivity index (χ1) is 16.3. The number of aromatic nitrogens is 5. The van der Waals surface area contributed by atoms with Gasteiger partial charge in [-0.25, -0.2) is 4.98 Å². The monoisotopic (exact) mass is 497 g/mol. The Bertz CT molecular complexity index is 1430. The molecule has 6 heterocycles. The van der Waals surface area contributed by atoms with Gasteiger partial charge in [0.15, 0.2) is 11.0 Å². The van der Waals surface area contributed by atoms with Crippen molar-refractivity contribution in [2.45, 2.75) is 36.4 Å². The zero-order valence-corrected chi connectivity index (χ0v) is 19.8. The average Bonchev–Trinajstić information content (AvgIpc) is 3.64. The molecule has 1 unspecified atom stereocenters. The normalized spacial score (nSPS) is 16.2. The molecule has 1 saturated heterocycles. The Labute approximate surface area is 200 Å². The number of thioether (sulfide) groups is 1. The lowest BCUT2D eigenvalue weighted by Gasteiger charge is -2.14. The first kappa shape index (κ1) is 20.8. The minimum Gasteiger partial charge on any atom is -0.464 e. The number of aromatic amines is 1. The Morgan fingerprint density at radius 3 is 3.00 bits per heavy atom. The Morgan fingerprint density at radius 1 is 1.24 bits per heavy atom. The second kappa shape index (κ2) is 8.90. The van der Waals surface area contributed by atoms with Crippen LogP contribution < -0.4 is 5.56 Å². The highest BCUT2D eigenvalue weighted by Crippen LogP contribution is 2.32. The largest absolute Gasteiger partial charge is 0.464 e. The third-order valence-electron chi connectivity index (χ3n) is 5.49. The molecule has 0 bridgehead atoms. The van der Waals surface area contributed by atoms with Crippen molar-refractivity contribution in [1.82, 2.24) is 24.7 Å². The number of furan rings is 1. The lowest BCUT2D eigenvalue weighted by molar-refractivity contribution is 0.0953. The van der Waals surface area contributed by atoms with Gasteiger partial charge in [0.1, 0.15) is 16.4 Å². The van der Waals surface area contributed by atoms with E-state index in [2.05, 4.69) is 25.8 Å². The van der Waals surface area contributed by atoms with Crippen molar-refractivity contribution < 1.29 is 9.15 Å². The molecule has 168 valence electrons. The van der Waals surface area contributed by atoms with Gasteiger partial charge in [0.2, 0.25) is 0 Å². The summed E-state index contributed by atoms with van der Waals surface area (Å²) < 4.78 is 13.5. The summed E-state index contributed by atoms with van der Waals surface area (Å²) in [5, 5.41) is 14.2. The van der Waals surface area contributed by atoms with Crippen LogP contribution in [0.2, 0.25) is 0 Å². The summed E-state index contributed by atoms with van der Waals surface area (Å²) in [5.74, 6) is 2.60. The highest BCUT2D eigenvalue weighted by atomic mass is 32.2. The quantitative estimate of drug-likeness (QED) is 0.315. The molecule has 0 spiro atoms. The van der Waals surface area contributed by atoms with E-state index >= 15 is 0 Å². The van der Waals surface area contributed by atoms with Crippen LogP contribution in [0.5, 0.6) is 0 Å². The van der Waals surface area contributed by atoms with Gasteiger partial charge in [-0.2, -0.15) is 0 Å². The van der Waals surface area contributed by atoms with E-state index in [4.69, 9.17) is 14.1 Å². The third-order valence-corrected chi connectivity index (χ3v) is 8.20. The van der Waals surface area contributed by atoms with E-state index in [0.29, 0.717) is 34.1 Å². The van der Waals surface area contributed by atoms with Crippen LogP contribution in [-0.4, -0.2) is 37.4 Å². The van der Waals surface area contributed by atoms with Crippen molar-refractivity contribution in [3.05, 3.63) is 57.5 Å².